The van der Waals surface area contributed by atoms with E-state index in [-0.39, 0.29) is 34.5 Å². The van der Waals surface area contributed by atoms with Crippen LogP contribution < -0.4 is 20.3 Å². The molecule has 1 fully saturated rings. The molecule has 0 atom stereocenters. The van der Waals surface area contributed by atoms with Crippen molar-refractivity contribution >= 4 is 64.4 Å². The summed E-state index contributed by atoms with van der Waals surface area (Å²) in [5.41, 5.74) is 2.80. The van der Waals surface area contributed by atoms with Crippen molar-refractivity contribution < 1.29 is 23.9 Å². The number of aryl methyl sites for hydroxylation is 2. The molecule has 37 heavy (non-hydrogen) atoms. The van der Waals surface area contributed by atoms with Crippen LogP contribution in [0.3, 0.4) is 0 Å². The average Bonchev–Trinajstić information content (AvgIpc) is 2.83. The molecule has 5 amide bonds. The number of ether oxygens (including phenoxy) is 1. The number of hydrogen-bond donors (Lipinski definition) is 2. The van der Waals surface area contributed by atoms with Crippen LogP contribution in [0.25, 0.3) is 6.08 Å². The van der Waals surface area contributed by atoms with Gasteiger partial charge in [0.25, 0.3) is 17.7 Å². The minimum atomic E-state index is -0.877. The molecule has 1 aliphatic rings. The lowest BCUT2D eigenvalue weighted by Gasteiger charge is -2.26. The van der Waals surface area contributed by atoms with E-state index >= 15 is 0 Å². The number of carbonyl (C=O) groups is 4. The number of amides is 5. The van der Waals surface area contributed by atoms with Crippen LogP contribution in [0.4, 0.5) is 16.2 Å². The van der Waals surface area contributed by atoms with Gasteiger partial charge in [0.05, 0.1) is 10.7 Å². The first-order valence-electron chi connectivity index (χ1n) is 11.1. The van der Waals surface area contributed by atoms with Gasteiger partial charge < -0.3 is 10.1 Å². The third-order valence-corrected chi connectivity index (χ3v) is 6.15. The maximum Gasteiger partial charge on any atom is 0.335 e. The van der Waals surface area contributed by atoms with Gasteiger partial charge in [-0.3, -0.25) is 19.7 Å². The monoisotopic (exact) mass is 537 g/mol. The van der Waals surface area contributed by atoms with E-state index in [0.29, 0.717) is 16.3 Å². The molecular weight excluding hydrogens is 517 g/mol. The van der Waals surface area contributed by atoms with Gasteiger partial charge in [0.1, 0.15) is 11.3 Å². The summed E-state index contributed by atoms with van der Waals surface area (Å²) >= 11 is 12.5. The zero-order valence-electron chi connectivity index (χ0n) is 19.8. The van der Waals surface area contributed by atoms with Crippen LogP contribution in [0, 0.1) is 13.8 Å². The maximum absolute atomic E-state index is 13.1. The van der Waals surface area contributed by atoms with Crippen molar-refractivity contribution in [1.29, 1.82) is 0 Å². The minimum Gasteiger partial charge on any atom is -0.482 e. The number of halogens is 2. The molecule has 3 aromatic rings. The fourth-order valence-electron chi connectivity index (χ4n) is 3.57. The average molecular weight is 538 g/mol. The molecule has 1 saturated heterocycles. The minimum absolute atomic E-state index is 0.166. The first kappa shape index (κ1) is 25.9. The maximum atomic E-state index is 13.1. The molecule has 0 bridgehead atoms. The second-order valence-electron chi connectivity index (χ2n) is 8.29. The number of barbiturate groups is 1. The van der Waals surface area contributed by atoms with Crippen LogP contribution in [0.1, 0.15) is 16.7 Å². The van der Waals surface area contributed by atoms with E-state index in [1.165, 1.54) is 24.3 Å². The number of imide groups is 2. The van der Waals surface area contributed by atoms with E-state index in [1.807, 2.05) is 25.1 Å². The normalized spacial score (nSPS) is 14.5. The van der Waals surface area contributed by atoms with Gasteiger partial charge in [0.15, 0.2) is 6.61 Å². The molecule has 1 heterocycles. The fraction of sp³-hybridized carbons (Fsp3) is 0.111. The van der Waals surface area contributed by atoms with E-state index in [1.54, 1.807) is 31.2 Å². The highest BCUT2D eigenvalue weighted by Gasteiger charge is 2.37. The van der Waals surface area contributed by atoms with Crippen molar-refractivity contribution in [3.63, 3.8) is 0 Å². The highest BCUT2D eigenvalue weighted by molar-refractivity contribution is 6.39. The molecule has 2 N–H and O–H groups in total. The third-order valence-electron chi connectivity index (χ3n) is 5.44. The van der Waals surface area contributed by atoms with Crippen molar-refractivity contribution in [1.82, 2.24) is 5.32 Å². The molecule has 3 aromatic carbocycles. The summed E-state index contributed by atoms with van der Waals surface area (Å²) in [5.74, 6) is -1.77. The number of carbonyl (C=O) groups excluding carboxylic acids is 4. The smallest absolute Gasteiger partial charge is 0.335 e. The Kier molecular flexibility index (Phi) is 7.61. The number of rotatable bonds is 6. The molecule has 0 saturated carbocycles. The van der Waals surface area contributed by atoms with Gasteiger partial charge in [-0.2, -0.15) is 0 Å². The first-order valence-corrected chi connectivity index (χ1v) is 11.8. The van der Waals surface area contributed by atoms with Gasteiger partial charge in [0, 0.05) is 10.7 Å². The number of nitrogens with zero attached hydrogens (tertiary/aromatic N) is 1. The zero-order valence-corrected chi connectivity index (χ0v) is 21.3. The van der Waals surface area contributed by atoms with Crippen molar-refractivity contribution in [2.45, 2.75) is 13.8 Å². The first-order chi connectivity index (χ1) is 17.6. The van der Waals surface area contributed by atoms with Crippen molar-refractivity contribution in [2.24, 2.45) is 0 Å². The van der Waals surface area contributed by atoms with Crippen molar-refractivity contribution in [3.8, 4) is 5.75 Å². The van der Waals surface area contributed by atoms with Crippen LogP contribution >= 0.6 is 23.2 Å². The van der Waals surface area contributed by atoms with Crippen LogP contribution in [0.15, 0.2) is 66.2 Å². The number of benzene rings is 3. The molecule has 0 aromatic heterocycles. The number of hydrogen-bond acceptors (Lipinski definition) is 5. The summed E-state index contributed by atoms with van der Waals surface area (Å²) in [6, 6.07) is 15.7. The predicted molar refractivity (Wildman–Crippen MR) is 142 cm³/mol. The summed E-state index contributed by atoms with van der Waals surface area (Å²) < 4.78 is 5.52. The summed E-state index contributed by atoms with van der Waals surface area (Å²) in [5, 5.41) is 5.43. The van der Waals surface area contributed by atoms with Gasteiger partial charge in [-0.1, -0.05) is 47.5 Å². The summed E-state index contributed by atoms with van der Waals surface area (Å²) in [7, 11) is 0. The lowest BCUT2D eigenvalue weighted by molar-refractivity contribution is -0.122. The van der Waals surface area contributed by atoms with Crippen molar-refractivity contribution in [2.75, 3.05) is 16.8 Å². The molecule has 0 aliphatic carbocycles. The Morgan fingerprint density at radius 2 is 1.78 bits per heavy atom. The Hall–Kier alpha value is -4.14. The zero-order chi connectivity index (χ0) is 26.7. The Morgan fingerprint density at radius 3 is 2.49 bits per heavy atom. The summed E-state index contributed by atoms with van der Waals surface area (Å²) in [6.45, 7) is 3.43. The summed E-state index contributed by atoms with van der Waals surface area (Å²) in [4.78, 5) is 51.0. The van der Waals surface area contributed by atoms with Crippen LogP contribution in [0.5, 0.6) is 5.75 Å². The third kappa shape index (κ3) is 5.99. The highest BCUT2D eigenvalue weighted by atomic mass is 35.5. The van der Waals surface area contributed by atoms with E-state index in [9.17, 15) is 19.2 Å². The molecule has 8 nitrogen and oxygen atoms in total. The van der Waals surface area contributed by atoms with Gasteiger partial charge in [-0.25, -0.2) is 9.69 Å². The lowest BCUT2D eigenvalue weighted by atomic mass is 10.1. The highest BCUT2D eigenvalue weighted by Crippen LogP contribution is 2.29. The van der Waals surface area contributed by atoms with E-state index in [2.05, 4.69) is 10.6 Å². The van der Waals surface area contributed by atoms with E-state index < -0.39 is 17.8 Å². The Labute approximate surface area is 222 Å². The molecule has 0 unspecified atom stereocenters. The Balaban J connectivity index is 1.49. The summed E-state index contributed by atoms with van der Waals surface area (Å²) in [6.07, 6.45) is 1.31. The molecule has 10 heteroatoms. The standard InChI is InChI=1S/C27H21Cl2N3O5/c1-15-4-3-5-18(10-15)30-24(33)14-37-23-9-7-17(12-22(23)29)11-20-25(34)31-27(36)32(26(20)35)19-8-6-16(2)21(28)13-19/h3-13H,14H2,1-2H3,(H,30,33)(H,31,34,36)/b20-11+. The fourth-order valence-corrected chi connectivity index (χ4v) is 3.98. The number of nitrogens with one attached hydrogen (secondary N) is 2. The Bertz CT molecular complexity index is 1470. The largest absolute Gasteiger partial charge is 0.482 e. The van der Waals surface area contributed by atoms with Gasteiger partial charge in [0.2, 0.25) is 0 Å². The van der Waals surface area contributed by atoms with Crippen molar-refractivity contribution in [3.05, 3.63) is 93.0 Å². The molecular formula is C27H21Cl2N3O5. The van der Waals surface area contributed by atoms with Crippen LogP contribution in [-0.2, 0) is 14.4 Å². The van der Waals surface area contributed by atoms with E-state index in [4.69, 9.17) is 27.9 Å². The van der Waals surface area contributed by atoms with Crippen LogP contribution in [0.2, 0.25) is 10.0 Å². The topological polar surface area (TPSA) is 105 Å². The number of urea groups is 1. The van der Waals surface area contributed by atoms with Gasteiger partial charge in [-0.15, -0.1) is 0 Å². The van der Waals surface area contributed by atoms with E-state index in [0.717, 1.165) is 16.0 Å². The predicted octanol–water partition coefficient (Wildman–Crippen LogP) is 5.29. The Morgan fingerprint density at radius 1 is 1.00 bits per heavy atom. The molecule has 0 spiro atoms. The molecule has 0 radical (unpaired) electrons. The van der Waals surface area contributed by atoms with Crippen LogP contribution in [-0.4, -0.2) is 30.4 Å². The lowest BCUT2D eigenvalue weighted by Crippen LogP contribution is -2.54. The van der Waals surface area contributed by atoms with Gasteiger partial charge in [-0.05, 0) is 73.0 Å². The molecule has 4 rings (SSSR count). The van der Waals surface area contributed by atoms with Gasteiger partial charge >= 0.3 is 6.03 Å². The SMILES string of the molecule is Cc1cccc(NC(=O)COc2ccc(/C=C3\C(=O)NC(=O)N(c4ccc(C)c(Cl)c4)C3=O)cc2Cl)c1. The second-order valence-corrected chi connectivity index (χ2v) is 9.10. The second kappa shape index (κ2) is 10.9. The molecule has 1 aliphatic heterocycles. The number of anilines is 2. The quantitative estimate of drug-likeness (QED) is 0.328. The molecule has 188 valence electrons.